The molecule has 1 atom stereocenters. The van der Waals surface area contributed by atoms with Gasteiger partial charge in [-0.05, 0) is 61.9 Å². The van der Waals surface area contributed by atoms with Gasteiger partial charge in [0.2, 0.25) is 5.91 Å². The van der Waals surface area contributed by atoms with Crippen molar-refractivity contribution in [3.8, 4) is 11.3 Å². The highest BCUT2D eigenvalue weighted by atomic mass is 19.1. The van der Waals surface area contributed by atoms with E-state index in [-0.39, 0.29) is 5.82 Å². The number of carbonyl (C=O) groups excluding carboxylic acids is 1. The van der Waals surface area contributed by atoms with Crippen molar-refractivity contribution in [1.82, 2.24) is 14.8 Å². The number of aryl methyl sites for hydroxylation is 1. The first-order valence-electron chi connectivity index (χ1n) is 8.03. The summed E-state index contributed by atoms with van der Waals surface area (Å²) in [5, 5.41) is 6.93. The number of pyridine rings is 1. The van der Waals surface area contributed by atoms with Crippen LogP contribution in [0.15, 0.2) is 59.5 Å². The van der Waals surface area contributed by atoms with E-state index >= 15 is 0 Å². The van der Waals surface area contributed by atoms with Crippen LogP contribution in [-0.2, 0) is 4.79 Å². The van der Waals surface area contributed by atoms with Crippen LogP contribution in [0.4, 0.5) is 10.2 Å². The Bertz CT molecular complexity index is 999. The Hall–Kier alpha value is -3.35. The Labute approximate surface area is 149 Å². The average Bonchev–Trinajstić information content (AvgIpc) is 2.62. The first kappa shape index (κ1) is 17.5. The third-order valence-electron chi connectivity index (χ3n) is 3.88. The Morgan fingerprint density at radius 1 is 1.15 bits per heavy atom. The van der Waals surface area contributed by atoms with Gasteiger partial charge in [-0.25, -0.2) is 14.1 Å². The summed E-state index contributed by atoms with van der Waals surface area (Å²) in [7, 11) is 0. The van der Waals surface area contributed by atoms with Crippen molar-refractivity contribution in [3.05, 3.63) is 76.5 Å². The Kier molecular flexibility index (Phi) is 4.88. The summed E-state index contributed by atoms with van der Waals surface area (Å²) < 4.78 is 14.2. The van der Waals surface area contributed by atoms with Crippen LogP contribution >= 0.6 is 0 Å². The molecular formula is C19H17FN4O2. The van der Waals surface area contributed by atoms with Crippen LogP contribution in [0.2, 0.25) is 0 Å². The second-order valence-corrected chi connectivity index (χ2v) is 5.89. The van der Waals surface area contributed by atoms with E-state index in [0.717, 1.165) is 10.2 Å². The summed E-state index contributed by atoms with van der Waals surface area (Å²) in [6, 6.07) is 11.3. The minimum atomic E-state index is -0.842. The third kappa shape index (κ3) is 3.83. The van der Waals surface area contributed by atoms with Gasteiger partial charge < -0.3 is 5.32 Å². The van der Waals surface area contributed by atoms with Gasteiger partial charge in [-0.1, -0.05) is 0 Å². The number of carbonyl (C=O) groups is 1. The lowest BCUT2D eigenvalue weighted by Gasteiger charge is -2.15. The highest BCUT2D eigenvalue weighted by Gasteiger charge is 2.18. The van der Waals surface area contributed by atoms with Gasteiger partial charge in [0.05, 0.1) is 5.69 Å². The molecule has 3 aromatic rings. The number of halogens is 1. The molecule has 1 N–H and O–H groups in total. The van der Waals surface area contributed by atoms with Gasteiger partial charge in [0.25, 0.3) is 5.56 Å². The van der Waals surface area contributed by atoms with Gasteiger partial charge in [0.1, 0.15) is 17.7 Å². The monoisotopic (exact) mass is 352 g/mol. The quantitative estimate of drug-likeness (QED) is 0.783. The van der Waals surface area contributed by atoms with Crippen molar-refractivity contribution >= 4 is 11.7 Å². The lowest BCUT2D eigenvalue weighted by Crippen LogP contribution is -2.33. The molecule has 0 saturated heterocycles. The first-order valence-corrected chi connectivity index (χ1v) is 8.03. The molecule has 2 heterocycles. The van der Waals surface area contributed by atoms with Gasteiger partial charge in [-0.2, -0.15) is 5.10 Å². The summed E-state index contributed by atoms with van der Waals surface area (Å²) >= 11 is 0. The maximum atomic E-state index is 13.1. The number of amides is 1. The van der Waals surface area contributed by atoms with Gasteiger partial charge in [0.15, 0.2) is 0 Å². The largest absolute Gasteiger partial charge is 0.309 e. The molecule has 0 saturated carbocycles. The molecule has 26 heavy (non-hydrogen) atoms. The van der Waals surface area contributed by atoms with Crippen LogP contribution in [0, 0.1) is 12.7 Å². The van der Waals surface area contributed by atoms with Gasteiger partial charge in [-0.15, -0.1) is 0 Å². The topological polar surface area (TPSA) is 76.9 Å². The zero-order chi connectivity index (χ0) is 18.7. The number of nitrogens with one attached hydrogen (secondary N) is 1. The lowest BCUT2D eigenvalue weighted by molar-refractivity contribution is -0.119. The molecule has 1 amide bonds. The van der Waals surface area contributed by atoms with E-state index in [1.54, 1.807) is 37.4 Å². The molecule has 0 aliphatic rings. The predicted octanol–water partition coefficient (Wildman–Crippen LogP) is 2.95. The SMILES string of the molecule is Cc1ccnc(NC(=O)[C@H](C)n2nc(-c3ccc(F)cc3)ccc2=O)c1. The molecule has 6 nitrogen and oxygen atoms in total. The Balaban J connectivity index is 1.87. The van der Waals surface area contributed by atoms with Crippen LogP contribution in [0.1, 0.15) is 18.5 Å². The molecule has 0 aliphatic heterocycles. The van der Waals surface area contributed by atoms with E-state index in [9.17, 15) is 14.0 Å². The fraction of sp³-hybridized carbons (Fsp3) is 0.158. The van der Waals surface area contributed by atoms with E-state index in [0.29, 0.717) is 17.1 Å². The molecule has 3 rings (SSSR count). The van der Waals surface area contributed by atoms with Crippen molar-refractivity contribution in [2.24, 2.45) is 0 Å². The second kappa shape index (κ2) is 7.26. The maximum absolute atomic E-state index is 13.1. The molecule has 1 aromatic carbocycles. The molecule has 0 radical (unpaired) electrons. The highest BCUT2D eigenvalue weighted by molar-refractivity contribution is 5.92. The summed E-state index contributed by atoms with van der Waals surface area (Å²) in [5.74, 6) is -0.362. The van der Waals surface area contributed by atoms with Gasteiger partial charge in [-0.3, -0.25) is 9.59 Å². The van der Waals surface area contributed by atoms with Crippen LogP contribution in [0.25, 0.3) is 11.3 Å². The Morgan fingerprint density at radius 2 is 1.88 bits per heavy atom. The number of rotatable bonds is 4. The normalized spacial score (nSPS) is 11.8. The van der Waals surface area contributed by atoms with E-state index < -0.39 is 17.5 Å². The molecule has 132 valence electrons. The summed E-state index contributed by atoms with van der Waals surface area (Å²) in [4.78, 5) is 28.7. The van der Waals surface area contributed by atoms with Crippen LogP contribution in [0.5, 0.6) is 0 Å². The van der Waals surface area contributed by atoms with Crippen LogP contribution < -0.4 is 10.9 Å². The number of benzene rings is 1. The highest BCUT2D eigenvalue weighted by Crippen LogP contribution is 2.17. The van der Waals surface area contributed by atoms with E-state index in [1.165, 1.54) is 18.2 Å². The van der Waals surface area contributed by atoms with E-state index in [2.05, 4.69) is 15.4 Å². The number of hydrogen-bond donors (Lipinski definition) is 1. The fourth-order valence-electron chi connectivity index (χ4n) is 2.42. The molecule has 7 heteroatoms. The first-order chi connectivity index (χ1) is 12.4. The number of aromatic nitrogens is 3. The summed E-state index contributed by atoms with van der Waals surface area (Å²) in [6.07, 6.45) is 1.59. The minimum absolute atomic E-state index is 0.361. The van der Waals surface area contributed by atoms with E-state index in [1.807, 2.05) is 13.0 Å². The standard InChI is InChI=1S/C19H17FN4O2/c1-12-9-10-21-17(11-12)22-19(26)13(2)24-18(25)8-7-16(23-24)14-3-5-15(20)6-4-14/h3-11,13H,1-2H3,(H,21,22,26)/t13-/m0/s1. The van der Waals surface area contributed by atoms with Gasteiger partial charge >= 0.3 is 0 Å². The number of nitrogens with zero attached hydrogens (tertiary/aromatic N) is 3. The molecule has 0 fully saturated rings. The van der Waals surface area contributed by atoms with Crippen molar-refractivity contribution in [3.63, 3.8) is 0 Å². The molecule has 0 unspecified atom stereocenters. The van der Waals surface area contributed by atoms with Crippen molar-refractivity contribution in [2.45, 2.75) is 19.9 Å². The smallest absolute Gasteiger partial charge is 0.267 e. The van der Waals surface area contributed by atoms with E-state index in [4.69, 9.17) is 0 Å². The van der Waals surface area contributed by atoms with Gasteiger partial charge in [0, 0.05) is 17.8 Å². The zero-order valence-electron chi connectivity index (χ0n) is 14.3. The molecule has 0 spiro atoms. The number of hydrogen-bond acceptors (Lipinski definition) is 4. The maximum Gasteiger partial charge on any atom is 0.267 e. The molecule has 0 aliphatic carbocycles. The third-order valence-corrected chi connectivity index (χ3v) is 3.88. The summed E-state index contributed by atoms with van der Waals surface area (Å²) in [5.41, 5.74) is 1.67. The van der Waals surface area contributed by atoms with Crippen LogP contribution in [0.3, 0.4) is 0 Å². The fourth-order valence-corrected chi connectivity index (χ4v) is 2.42. The van der Waals surface area contributed by atoms with Crippen molar-refractivity contribution in [2.75, 3.05) is 5.32 Å². The van der Waals surface area contributed by atoms with Crippen molar-refractivity contribution < 1.29 is 9.18 Å². The predicted molar refractivity (Wildman–Crippen MR) is 96.2 cm³/mol. The summed E-state index contributed by atoms with van der Waals surface area (Å²) in [6.45, 7) is 3.47. The molecule has 0 bridgehead atoms. The zero-order valence-corrected chi connectivity index (χ0v) is 14.3. The average molecular weight is 352 g/mol. The van der Waals surface area contributed by atoms with Crippen LogP contribution in [-0.4, -0.2) is 20.7 Å². The molecule has 2 aromatic heterocycles. The molecular weight excluding hydrogens is 335 g/mol. The van der Waals surface area contributed by atoms with Crippen molar-refractivity contribution in [1.29, 1.82) is 0 Å². The minimum Gasteiger partial charge on any atom is -0.309 e. The second-order valence-electron chi connectivity index (χ2n) is 5.89. The lowest BCUT2D eigenvalue weighted by atomic mass is 10.1. The number of anilines is 1. The Morgan fingerprint density at radius 3 is 2.58 bits per heavy atom.